The number of ether oxygens (including phenoxy) is 3. The smallest absolute Gasteiger partial charge is 0.338 e. The number of sulfonamides is 1. The Labute approximate surface area is 194 Å². The summed E-state index contributed by atoms with van der Waals surface area (Å²) in [7, 11) is -3.71. The van der Waals surface area contributed by atoms with Gasteiger partial charge in [-0.15, -0.1) is 0 Å². The zero-order valence-electron chi connectivity index (χ0n) is 18.9. The number of carbonyl (C=O) groups is 2. The van der Waals surface area contributed by atoms with Gasteiger partial charge in [-0.25, -0.2) is 13.2 Å². The van der Waals surface area contributed by atoms with E-state index < -0.39 is 16.0 Å². The average Bonchev–Trinajstić information content (AvgIpc) is 2.83. The van der Waals surface area contributed by atoms with Crippen LogP contribution < -0.4 is 4.74 Å². The second-order valence-corrected chi connectivity index (χ2v) is 9.64. The van der Waals surface area contributed by atoms with E-state index in [-0.39, 0.29) is 49.7 Å². The van der Waals surface area contributed by atoms with Gasteiger partial charge in [-0.2, -0.15) is 4.31 Å². The third-order valence-electron chi connectivity index (χ3n) is 5.47. The van der Waals surface area contributed by atoms with Gasteiger partial charge in [0.15, 0.2) is 0 Å². The van der Waals surface area contributed by atoms with Crippen LogP contribution in [0.1, 0.15) is 35.7 Å². The molecule has 0 amide bonds. The Hall–Kier alpha value is -2.91. The van der Waals surface area contributed by atoms with E-state index in [4.69, 9.17) is 14.2 Å². The predicted molar refractivity (Wildman–Crippen MR) is 122 cm³/mol. The van der Waals surface area contributed by atoms with Crippen molar-refractivity contribution in [2.24, 2.45) is 5.92 Å². The first-order valence-corrected chi connectivity index (χ1v) is 12.4. The molecular formula is C24H29NO7S. The van der Waals surface area contributed by atoms with Crippen LogP contribution in [-0.2, 0) is 24.3 Å². The van der Waals surface area contributed by atoms with Gasteiger partial charge >= 0.3 is 11.9 Å². The van der Waals surface area contributed by atoms with Crippen molar-refractivity contribution in [2.75, 3.05) is 32.9 Å². The second kappa shape index (κ2) is 11.3. The summed E-state index contributed by atoms with van der Waals surface area (Å²) >= 11 is 0. The quantitative estimate of drug-likeness (QED) is 0.406. The van der Waals surface area contributed by atoms with Gasteiger partial charge in [0.05, 0.1) is 23.0 Å². The fourth-order valence-corrected chi connectivity index (χ4v) is 5.06. The van der Waals surface area contributed by atoms with Crippen molar-refractivity contribution in [1.82, 2.24) is 4.31 Å². The fraction of sp³-hybridized carbons (Fsp3) is 0.417. The highest BCUT2D eigenvalue weighted by atomic mass is 32.2. The van der Waals surface area contributed by atoms with E-state index in [0.717, 1.165) is 11.3 Å². The molecule has 0 atom stereocenters. The molecular weight excluding hydrogens is 446 g/mol. The Morgan fingerprint density at radius 3 is 2.27 bits per heavy atom. The van der Waals surface area contributed by atoms with Gasteiger partial charge in [-0.1, -0.05) is 18.2 Å². The maximum atomic E-state index is 12.9. The van der Waals surface area contributed by atoms with Crippen LogP contribution in [0.5, 0.6) is 5.75 Å². The molecule has 0 aromatic heterocycles. The first-order valence-electron chi connectivity index (χ1n) is 11.0. The summed E-state index contributed by atoms with van der Waals surface area (Å²) in [5.74, 6) is -0.423. The molecule has 0 unspecified atom stereocenters. The minimum Gasteiger partial charge on any atom is -0.490 e. The standard InChI is InChI=1S/C24H29NO7S/c1-3-30-23(26)19-8-10-21(11-9-19)33(28,29)25-14-12-20(13-15-25)24(27)32-17-16-31-22-7-5-4-6-18(22)2/h4-11,20H,3,12-17H2,1-2H3. The molecule has 1 aliphatic heterocycles. The predicted octanol–water partition coefficient (Wildman–Crippen LogP) is 3.19. The maximum absolute atomic E-state index is 12.9. The lowest BCUT2D eigenvalue weighted by Crippen LogP contribution is -2.40. The summed E-state index contributed by atoms with van der Waals surface area (Å²) in [4.78, 5) is 24.2. The number of hydrogen-bond donors (Lipinski definition) is 0. The summed E-state index contributed by atoms with van der Waals surface area (Å²) in [6.07, 6.45) is 0.773. The Morgan fingerprint density at radius 1 is 0.970 bits per heavy atom. The highest BCUT2D eigenvalue weighted by Crippen LogP contribution is 2.25. The van der Waals surface area contributed by atoms with Crippen LogP contribution in [0.25, 0.3) is 0 Å². The van der Waals surface area contributed by atoms with E-state index in [0.29, 0.717) is 18.4 Å². The lowest BCUT2D eigenvalue weighted by atomic mass is 9.98. The van der Waals surface area contributed by atoms with Crippen LogP contribution >= 0.6 is 0 Å². The number of para-hydroxylation sites is 1. The Balaban J connectivity index is 1.46. The third-order valence-corrected chi connectivity index (χ3v) is 7.38. The Morgan fingerprint density at radius 2 is 1.64 bits per heavy atom. The number of rotatable bonds is 9. The summed E-state index contributed by atoms with van der Waals surface area (Å²) < 4.78 is 43.1. The van der Waals surface area contributed by atoms with Gasteiger partial charge in [0, 0.05) is 13.1 Å². The normalized spacial score (nSPS) is 15.1. The minimum absolute atomic E-state index is 0.102. The maximum Gasteiger partial charge on any atom is 0.338 e. The van der Waals surface area contributed by atoms with Crippen LogP contribution in [-0.4, -0.2) is 57.6 Å². The molecule has 0 aliphatic carbocycles. The van der Waals surface area contributed by atoms with E-state index in [9.17, 15) is 18.0 Å². The van der Waals surface area contributed by atoms with Gasteiger partial charge in [0.25, 0.3) is 0 Å². The molecule has 0 saturated carbocycles. The minimum atomic E-state index is -3.71. The van der Waals surface area contributed by atoms with Gasteiger partial charge in [0.1, 0.15) is 19.0 Å². The molecule has 0 bridgehead atoms. The fourth-order valence-electron chi connectivity index (χ4n) is 3.59. The van der Waals surface area contributed by atoms with Crippen molar-refractivity contribution in [3.05, 3.63) is 59.7 Å². The largest absolute Gasteiger partial charge is 0.490 e. The first kappa shape index (κ1) is 24.7. The first-order chi connectivity index (χ1) is 15.8. The van der Waals surface area contributed by atoms with Gasteiger partial charge in [0.2, 0.25) is 10.0 Å². The van der Waals surface area contributed by atoms with Crippen molar-refractivity contribution in [1.29, 1.82) is 0 Å². The van der Waals surface area contributed by atoms with Gasteiger partial charge < -0.3 is 14.2 Å². The number of esters is 2. The molecule has 178 valence electrons. The van der Waals surface area contributed by atoms with Crippen LogP contribution in [0.4, 0.5) is 0 Å². The van der Waals surface area contributed by atoms with Crippen LogP contribution in [0.3, 0.4) is 0 Å². The number of nitrogens with zero attached hydrogens (tertiary/aromatic N) is 1. The highest BCUT2D eigenvalue weighted by molar-refractivity contribution is 7.89. The number of aryl methyl sites for hydroxylation is 1. The SMILES string of the molecule is CCOC(=O)c1ccc(S(=O)(=O)N2CCC(C(=O)OCCOc3ccccc3C)CC2)cc1. The zero-order valence-corrected chi connectivity index (χ0v) is 19.7. The average molecular weight is 476 g/mol. The molecule has 0 radical (unpaired) electrons. The van der Waals surface area contributed by atoms with E-state index >= 15 is 0 Å². The molecule has 0 spiro atoms. The van der Waals surface area contributed by atoms with Crippen LogP contribution in [0.2, 0.25) is 0 Å². The number of benzene rings is 2. The lowest BCUT2D eigenvalue weighted by Gasteiger charge is -2.30. The van der Waals surface area contributed by atoms with Crippen LogP contribution in [0, 0.1) is 12.8 Å². The van der Waals surface area contributed by atoms with E-state index in [2.05, 4.69) is 0 Å². The molecule has 2 aromatic rings. The van der Waals surface area contributed by atoms with Gasteiger partial charge in [-0.05, 0) is 62.6 Å². The second-order valence-electron chi connectivity index (χ2n) is 7.70. The van der Waals surface area contributed by atoms with E-state index in [1.54, 1.807) is 6.92 Å². The number of hydrogen-bond acceptors (Lipinski definition) is 7. The summed E-state index contributed by atoms with van der Waals surface area (Å²) in [6, 6.07) is 13.3. The van der Waals surface area contributed by atoms with Gasteiger partial charge in [-0.3, -0.25) is 4.79 Å². The number of carbonyl (C=O) groups excluding carboxylic acids is 2. The molecule has 0 N–H and O–H groups in total. The third kappa shape index (κ3) is 6.33. The molecule has 33 heavy (non-hydrogen) atoms. The molecule has 1 fully saturated rings. The Bertz CT molecular complexity index is 1060. The van der Waals surface area contributed by atoms with Crippen molar-refractivity contribution < 1.29 is 32.2 Å². The molecule has 1 heterocycles. The van der Waals surface area contributed by atoms with Crippen molar-refractivity contribution in [2.45, 2.75) is 31.6 Å². The summed E-state index contributed by atoms with van der Waals surface area (Å²) in [6.45, 7) is 4.73. The zero-order chi connectivity index (χ0) is 23.8. The highest BCUT2D eigenvalue weighted by Gasteiger charge is 2.32. The molecule has 1 saturated heterocycles. The van der Waals surface area contributed by atoms with Crippen molar-refractivity contribution in [3.8, 4) is 5.75 Å². The van der Waals surface area contributed by atoms with E-state index in [1.807, 2.05) is 31.2 Å². The molecule has 2 aromatic carbocycles. The van der Waals surface area contributed by atoms with E-state index in [1.165, 1.54) is 28.6 Å². The monoisotopic (exact) mass is 475 g/mol. The molecule has 3 rings (SSSR count). The number of piperidine rings is 1. The van der Waals surface area contributed by atoms with Crippen LogP contribution in [0.15, 0.2) is 53.4 Å². The molecule has 8 nitrogen and oxygen atoms in total. The van der Waals surface area contributed by atoms with Crippen molar-refractivity contribution >= 4 is 22.0 Å². The summed E-state index contributed by atoms with van der Waals surface area (Å²) in [5, 5.41) is 0. The Kier molecular flexibility index (Phi) is 8.46. The van der Waals surface area contributed by atoms with Crippen molar-refractivity contribution in [3.63, 3.8) is 0 Å². The topological polar surface area (TPSA) is 99.2 Å². The molecule has 9 heteroatoms. The summed E-state index contributed by atoms with van der Waals surface area (Å²) in [5.41, 5.74) is 1.30. The lowest BCUT2D eigenvalue weighted by molar-refractivity contribution is -0.150. The molecule has 1 aliphatic rings.